The molecular weight excluding hydrogens is 480 g/mol. The van der Waals surface area contributed by atoms with Gasteiger partial charge in [-0.15, -0.1) is 0 Å². The van der Waals surface area contributed by atoms with E-state index in [9.17, 15) is 30.4 Å². The molecule has 0 saturated heterocycles. The fourth-order valence-corrected chi connectivity index (χ4v) is 4.91. The Morgan fingerprint density at radius 3 is 2.15 bits per heavy atom. The molecule has 1 atom stereocenters. The second-order valence-corrected chi connectivity index (χ2v) is 11.2. The SMILES string of the molecule is C[C@H](C(=O)NCCOc1ccc(S(=O)(=O)N(C)C)cc1)N(c1ccc(F)c(F)c1)S(C)(=O)=O. The Kier molecular flexibility index (Phi) is 8.38. The van der Waals surface area contributed by atoms with Gasteiger partial charge in [0.25, 0.3) is 0 Å². The van der Waals surface area contributed by atoms with Crippen LogP contribution in [-0.2, 0) is 24.8 Å². The average molecular weight is 506 g/mol. The van der Waals surface area contributed by atoms with E-state index in [1.54, 1.807) is 0 Å². The van der Waals surface area contributed by atoms with Gasteiger partial charge < -0.3 is 10.1 Å². The van der Waals surface area contributed by atoms with Crippen LogP contribution < -0.4 is 14.4 Å². The normalized spacial score (nSPS) is 12.9. The van der Waals surface area contributed by atoms with Crippen molar-refractivity contribution in [2.45, 2.75) is 17.9 Å². The molecule has 0 aromatic heterocycles. The number of ether oxygens (including phenoxy) is 1. The molecule has 0 radical (unpaired) electrons. The first-order chi connectivity index (χ1) is 15.2. The number of rotatable bonds is 10. The van der Waals surface area contributed by atoms with Crippen LogP contribution in [0.5, 0.6) is 5.75 Å². The highest BCUT2D eigenvalue weighted by atomic mass is 32.2. The van der Waals surface area contributed by atoms with E-state index in [2.05, 4.69) is 5.32 Å². The van der Waals surface area contributed by atoms with Crippen LogP contribution in [-0.4, -0.2) is 66.6 Å². The summed E-state index contributed by atoms with van der Waals surface area (Å²) < 4.78 is 82.5. The van der Waals surface area contributed by atoms with E-state index in [4.69, 9.17) is 4.74 Å². The van der Waals surface area contributed by atoms with Gasteiger partial charge in [0.2, 0.25) is 26.0 Å². The molecule has 0 spiro atoms. The number of hydrogen-bond acceptors (Lipinski definition) is 6. The summed E-state index contributed by atoms with van der Waals surface area (Å²) in [6.45, 7) is 1.33. The van der Waals surface area contributed by atoms with Crippen molar-refractivity contribution in [1.82, 2.24) is 9.62 Å². The molecule has 0 aliphatic carbocycles. The fourth-order valence-electron chi connectivity index (χ4n) is 2.84. The van der Waals surface area contributed by atoms with Crippen molar-refractivity contribution >= 4 is 31.6 Å². The molecule has 1 N–H and O–H groups in total. The Morgan fingerprint density at radius 1 is 1.03 bits per heavy atom. The summed E-state index contributed by atoms with van der Waals surface area (Å²) in [5.74, 6) is -2.70. The van der Waals surface area contributed by atoms with Gasteiger partial charge >= 0.3 is 0 Å². The summed E-state index contributed by atoms with van der Waals surface area (Å²) in [4.78, 5) is 12.6. The third-order valence-corrected chi connectivity index (χ3v) is 7.59. The molecular formula is C20H25F2N3O6S2. The Hall–Kier alpha value is -2.77. The average Bonchev–Trinajstić information content (AvgIpc) is 2.73. The molecule has 0 heterocycles. The highest BCUT2D eigenvalue weighted by Crippen LogP contribution is 2.23. The maximum absolute atomic E-state index is 13.6. The quantitative estimate of drug-likeness (QED) is 0.491. The lowest BCUT2D eigenvalue weighted by Gasteiger charge is -2.28. The maximum Gasteiger partial charge on any atom is 0.243 e. The standard InChI is InChI=1S/C20H25F2N3O6S2/c1-14(25(32(4,27)28)15-5-10-18(21)19(22)13-15)20(26)23-11-12-31-16-6-8-17(9-7-16)33(29,30)24(2)3/h5-10,13-14H,11-12H2,1-4H3,(H,23,26)/t14-/m1/s1. The van der Waals surface area contributed by atoms with Crippen LogP contribution in [0.15, 0.2) is 47.4 Å². The highest BCUT2D eigenvalue weighted by Gasteiger charge is 2.29. The molecule has 2 aromatic carbocycles. The Labute approximate surface area is 192 Å². The number of halogens is 2. The van der Waals surface area contributed by atoms with Crippen LogP contribution in [0.2, 0.25) is 0 Å². The summed E-state index contributed by atoms with van der Waals surface area (Å²) >= 11 is 0. The number of nitrogens with zero attached hydrogens (tertiary/aromatic N) is 2. The Bertz CT molecular complexity index is 1200. The number of anilines is 1. The van der Waals surface area contributed by atoms with Crippen LogP contribution in [0.1, 0.15) is 6.92 Å². The monoisotopic (exact) mass is 505 g/mol. The lowest BCUT2D eigenvalue weighted by molar-refractivity contribution is -0.121. The number of benzene rings is 2. The van der Waals surface area contributed by atoms with Gasteiger partial charge in [-0.2, -0.15) is 0 Å². The third-order valence-electron chi connectivity index (χ3n) is 4.52. The first-order valence-corrected chi connectivity index (χ1v) is 12.9. The molecule has 33 heavy (non-hydrogen) atoms. The Balaban J connectivity index is 1.98. The molecule has 0 aliphatic heterocycles. The second-order valence-electron chi connectivity index (χ2n) is 7.23. The number of carbonyl (C=O) groups is 1. The van der Waals surface area contributed by atoms with Gasteiger partial charge in [-0.1, -0.05) is 0 Å². The lowest BCUT2D eigenvalue weighted by Crippen LogP contribution is -2.48. The maximum atomic E-state index is 13.6. The van der Waals surface area contributed by atoms with Crippen molar-refractivity contribution in [3.8, 4) is 5.75 Å². The molecule has 13 heteroatoms. The molecule has 0 saturated carbocycles. The zero-order valence-corrected chi connectivity index (χ0v) is 20.1. The predicted molar refractivity (Wildman–Crippen MR) is 119 cm³/mol. The molecule has 2 aromatic rings. The zero-order chi connectivity index (χ0) is 25.0. The van der Waals surface area contributed by atoms with Gasteiger partial charge in [0.15, 0.2) is 11.6 Å². The van der Waals surface area contributed by atoms with E-state index >= 15 is 0 Å². The van der Waals surface area contributed by atoms with Crippen molar-refractivity contribution in [2.24, 2.45) is 0 Å². The third kappa shape index (κ3) is 6.62. The first-order valence-electron chi connectivity index (χ1n) is 9.62. The number of amides is 1. The van der Waals surface area contributed by atoms with Gasteiger partial charge in [0, 0.05) is 20.2 Å². The molecule has 0 aliphatic rings. The second kappa shape index (κ2) is 10.4. The number of sulfonamides is 2. The van der Waals surface area contributed by atoms with E-state index in [1.807, 2.05) is 0 Å². The van der Waals surface area contributed by atoms with Crippen LogP contribution in [0.4, 0.5) is 14.5 Å². The summed E-state index contributed by atoms with van der Waals surface area (Å²) in [7, 11) is -4.72. The van der Waals surface area contributed by atoms with Crippen molar-refractivity contribution in [2.75, 3.05) is 37.8 Å². The molecule has 2 rings (SSSR count). The van der Waals surface area contributed by atoms with Crippen LogP contribution in [0.25, 0.3) is 0 Å². The van der Waals surface area contributed by atoms with Gasteiger partial charge in [-0.05, 0) is 43.3 Å². The van der Waals surface area contributed by atoms with Crippen LogP contribution >= 0.6 is 0 Å². The fraction of sp³-hybridized carbons (Fsp3) is 0.350. The van der Waals surface area contributed by atoms with E-state index in [-0.39, 0.29) is 23.7 Å². The minimum absolute atomic E-state index is 0.0102. The van der Waals surface area contributed by atoms with Gasteiger partial charge in [-0.3, -0.25) is 9.10 Å². The smallest absolute Gasteiger partial charge is 0.243 e. The molecule has 1 amide bonds. The van der Waals surface area contributed by atoms with E-state index in [0.717, 1.165) is 22.7 Å². The lowest BCUT2D eigenvalue weighted by atomic mass is 10.2. The summed E-state index contributed by atoms with van der Waals surface area (Å²) in [5.41, 5.74) is -0.192. The van der Waals surface area contributed by atoms with E-state index in [0.29, 0.717) is 16.1 Å². The van der Waals surface area contributed by atoms with Crippen LogP contribution in [0.3, 0.4) is 0 Å². The number of hydrogen-bond donors (Lipinski definition) is 1. The van der Waals surface area contributed by atoms with Crippen molar-refractivity contribution < 1.29 is 35.1 Å². The number of nitrogens with one attached hydrogen (secondary N) is 1. The van der Waals surface area contributed by atoms with E-state index < -0.39 is 43.6 Å². The van der Waals surface area contributed by atoms with Gasteiger partial charge in [0.05, 0.1) is 23.4 Å². The largest absolute Gasteiger partial charge is 0.492 e. The summed E-state index contributed by atoms with van der Waals surface area (Å²) in [5, 5.41) is 2.51. The topological polar surface area (TPSA) is 113 Å². The summed E-state index contributed by atoms with van der Waals surface area (Å²) in [6.07, 6.45) is 0.849. The van der Waals surface area contributed by atoms with Gasteiger partial charge in [0.1, 0.15) is 18.4 Å². The minimum atomic E-state index is -3.99. The molecule has 0 bridgehead atoms. The van der Waals surface area contributed by atoms with Crippen LogP contribution in [0, 0.1) is 11.6 Å². The highest BCUT2D eigenvalue weighted by molar-refractivity contribution is 7.92. The van der Waals surface area contributed by atoms with Gasteiger partial charge in [-0.25, -0.2) is 29.9 Å². The number of carbonyl (C=O) groups excluding carboxylic acids is 1. The van der Waals surface area contributed by atoms with Crippen molar-refractivity contribution in [1.29, 1.82) is 0 Å². The zero-order valence-electron chi connectivity index (χ0n) is 18.4. The molecule has 182 valence electrons. The van der Waals surface area contributed by atoms with Crippen molar-refractivity contribution in [3.05, 3.63) is 54.1 Å². The first kappa shape index (κ1) is 26.5. The molecule has 0 fully saturated rings. The molecule has 9 nitrogen and oxygen atoms in total. The molecule has 0 unspecified atom stereocenters. The summed E-state index contributed by atoms with van der Waals surface area (Å²) in [6, 6.07) is 6.99. The van der Waals surface area contributed by atoms with E-state index in [1.165, 1.54) is 45.3 Å². The van der Waals surface area contributed by atoms with Crippen molar-refractivity contribution in [3.63, 3.8) is 0 Å². The minimum Gasteiger partial charge on any atom is -0.492 e. The predicted octanol–water partition coefficient (Wildman–Crippen LogP) is 1.56. The Morgan fingerprint density at radius 2 is 1.64 bits per heavy atom.